The Morgan fingerprint density at radius 1 is 1.11 bits per heavy atom. The topological polar surface area (TPSA) is 87.8 Å². The van der Waals surface area contributed by atoms with Crippen molar-refractivity contribution in [3.63, 3.8) is 0 Å². The highest BCUT2D eigenvalue weighted by Gasteiger charge is 2.13. The highest BCUT2D eigenvalue weighted by molar-refractivity contribution is 6.07. The minimum Gasteiger partial charge on any atom is -0.331 e. The molecule has 0 aliphatic carbocycles. The van der Waals surface area contributed by atoms with Crippen LogP contribution in [0.4, 0.5) is 5.69 Å². The van der Waals surface area contributed by atoms with E-state index in [1.807, 2.05) is 12.1 Å². The van der Waals surface area contributed by atoms with E-state index in [1.165, 1.54) is 0 Å². The molecule has 1 amide bonds. The summed E-state index contributed by atoms with van der Waals surface area (Å²) in [4.78, 5) is 28.5. The van der Waals surface area contributed by atoms with Gasteiger partial charge >= 0.3 is 0 Å². The molecule has 6 nitrogen and oxygen atoms in total. The first kappa shape index (κ1) is 18.1. The van der Waals surface area contributed by atoms with Gasteiger partial charge in [0.05, 0.1) is 11.6 Å². The molecule has 1 N–H and O–H groups in total. The zero-order valence-electron chi connectivity index (χ0n) is 14.8. The second-order valence-corrected chi connectivity index (χ2v) is 6.13. The summed E-state index contributed by atoms with van der Waals surface area (Å²) in [6, 6.07) is 16.0. The number of benzene rings is 2. The van der Waals surface area contributed by atoms with Gasteiger partial charge < -0.3 is 9.88 Å². The van der Waals surface area contributed by atoms with Crippen LogP contribution in [0, 0.1) is 11.3 Å². The van der Waals surface area contributed by atoms with Crippen LogP contribution in [0.3, 0.4) is 0 Å². The third-order valence-corrected chi connectivity index (χ3v) is 4.18. The number of amides is 1. The maximum Gasteiger partial charge on any atom is 0.228 e. The second kappa shape index (κ2) is 8.11. The van der Waals surface area contributed by atoms with Crippen LogP contribution < -0.4 is 5.32 Å². The van der Waals surface area contributed by atoms with E-state index in [1.54, 1.807) is 60.4 Å². The van der Waals surface area contributed by atoms with Crippen molar-refractivity contribution in [1.82, 2.24) is 9.55 Å². The number of carbonyl (C=O) groups excluding carboxylic acids is 2. The smallest absolute Gasteiger partial charge is 0.228 e. The predicted octanol–water partition coefficient (Wildman–Crippen LogP) is 3.09. The summed E-state index contributed by atoms with van der Waals surface area (Å²) in [6.07, 6.45) is 4.22. The molecule has 0 fully saturated rings. The number of aryl methyl sites for hydroxylation is 2. The summed E-state index contributed by atoms with van der Waals surface area (Å²) in [6.45, 7) is 0. The Balaban J connectivity index is 1.56. The molecule has 0 unspecified atom stereocenters. The van der Waals surface area contributed by atoms with Crippen molar-refractivity contribution in [2.24, 2.45) is 7.05 Å². The summed E-state index contributed by atoms with van der Waals surface area (Å²) in [5, 5.41) is 11.6. The number of nitrogens with one attached hydrogen (secondary N) is 1. The van der Waals surface area contributed by atoms with Crippen molar-refractivity contribution in [3.05, 3.63) is 83.4 Å². The molecule has 6 heteroatoms. The molecule has 2 aromatic carbocycles. The summed E-state index contributed by atoms with van der Waals surface area (Å²) in [5.41, 5.74) is 2.75. The summed E-state index contributed by atoms with van der Waals surface area (Å²) in [5.74, 6) is 0.0953. The minimum atomic E-state index is -0.166. The predicted molar refractivity (Wildman–Crippen MR) is 101 cm³/mol. The first-order valence-electron chi connectivity index (χ1n) is 8.48. The van der Waals surface area contributed by atoms with E-state index in [9.17, 15) is 9.59 Å². The normalized spacial score (nSPS) is 10.2. The van der Waals surface area contributed by atoms with Crippen LogP contribution in [0.15, 0.2) is 60.9 Å². The number of nitrogens with zero attached hydrogens (tertiary/aromatic N) is 3. The van der Waals surface area contributed by atoms with Gasteiger partial charge in [0.1, 0.15) is 0 Å². The Kier molecular flexibility index (Phi) is 5.43. The highest BCUT2D eigenvalue weighted by atomic mass is 16.1. The molecule has 3 aromatic rings. The van der Waals surface area contributed by atoms with E-state index >= 15 is 0 Å². The van der Waals surface area contributed by atoms with Gasteiger partial charge in [0.25, 0.3) is 0 Å². The Labute approximate surface area is 157 Å². The number of ketones is 1. The number of aromatic nitrogens is 2. The van der Waals surface area contributed by atoms with E-state index in [-0.39, 0.29) is 11.7 Å². The van der Waals surface area contributed by atoms with Gasteiger partial charge in [0.2, 0.25) is 11.7 Å². The van der Waals surface area contributed by atoms with Crippen LogP contribution in [-0.2, 0) is 18.3 Å². The van der Waals surface area contributed by atoms with Gasteiger partial charge in [-0.3, -0.25) is 9.59 Å². The number of hydrogen-bond donors (Lipinski definition) is 1. The fourth-order valence-corrected chi connectivity index (χ4v) is 2.65. The molecule has 3 rings (SSSR count). The molecule has 0 bridgehead atoms. The van der Waals surface area contributed by atoms with Crippen molar-refractivity contribution in [1.29, 1.82) is 5.26 Å². The number of anilines is 1. The fourth-order valence-electron chi connectivity index (χ4n) is 2.65. The van der Waals surface area contributed by atoms with E-state index in [0.717, 1.165) is 5.56 Å². The molecule has 0 radical (unpaired) electrons. The maximum atomic E-state index is 12.4. The van der Waals surface area contributed by atoms with Gasteiger partial charge in [-0.2, -0.15) is 5.26 Å². The zero-order chi connectivity index (χ0) is 19.2. The molecule has 0 aliphatic heterocycles. The molecule has 0 saturated carbocycles. The lowest BCUT2D eigenvalue weighted by Gasteiger charge is -2.07. The maximum absolute atomic E-state index is 12.4. The Morgan fingerprint density at radius 3 is 2.41 bits per heavy atom. The molecular weight excluding hydrogens is 340 g/mol. The van der Waals surface area contributed by atoms with E-state index < -0.39 is 0 Å². The number of nitriles is 1. The molecule has 0 aliphatic rings. The lowest BCUT2D eigenvalue weighted by atomic mass is 10.1. The molecule has 0 atom stereocenters. The zero-order valence-corrected chi connectivity index (χ0v) is 14.8. The quantitative estimate of drug-likeness (QED) is 0.686. The van der Waals surface area contributed by atoms with Crippen molar-refractivity contribution in [2.45, 2.75) is 12.8 Å². The minimum absolute atomic E-state index is 0.109. The van der Waals surface area contributed by atoms with Crippen LogP contribution in [0.2, 0.25) is 0 Å². The van der Waals surface area contributed by atoms with Crippen molar-refractivity contribution in [3.8, 4) is 6.07 Å². The number of hydrogen-bond acceptors (Lipinski definition) is 4. The molecule has 134 valence electrons. The largest absolute Gasteiger partial charge is 0.331 e. The molecule has 0 saturated heterocycles. The Hall–Kier alpha value is -3.72. The van der Waals surface area contributed by atoms with Gasteiger partial charge in [-0.1, -0.05) is 12.1 Å². The van der Waals surface area contributed by atoms with Crippen molar-refractivity contribution >= 4 is 17.4 Å². The van der Waals surface area contributed by atoms with Crippen LogP contribution in [0.5, 0.6) is 0 Å². The van der Waals surface area contributed by atoms with Gasteiger partial charge in [0.15, 0.2) is 5.82 Å². The SMILES string of the molecule is Cn1ccnc1C(=O)c1ccc(NC(=O)CCc2ccc(C#N)cc2)cc1. The molecular formula is C21H18N4O2. The first-order chi connectivity index (χ1) is 13.1. The first-order valence-corrected chi connectivity index (χ1v) is 8.48. The standard InChI is InChI=1S/C21H18N4O2/c1-25-13-12-23-21(25)20(27)17-7-9-18(10-8-17)24-19(26)11-6-15-2-4-16(14-22)5-3-15/h2-5,7-10,12-13H,6,11H2,1H3,(H,24,26). The van der Waals surface area contributed by atoms with Crippen molar-refractivity contribution < 1.29 is 9.59 Å². The van der Waals surface area contributed by atoms with Crippen molar-refractivity contribution in [2.75, 3.05) is 5.32 Å². The average Bonchev–Trinajstić information content (AvgIpc) is 3.12. The third-order valence-electron chi connectivity index (χ3n) is 4.18. The number of carbonyl (C=O) groups is 2. The van der Waals surface area contributed by atoms with Crippen LogP contribution in [-0.4, -0.2) is 21.2 Å². The van der Waals surface area contributed by atoms with Crippen LogP contribution >= 0.6 is 0 Å². The average molecular weight is 358 g/mol. The highest BCUT2D eigenvalue weighted by Crippen LogP contribution is 2.14. The van der Waals surface area contributed by atoms with Gasteiger partial charge in [-0.25, -0.2) is 4.98 Å². The lowest BCUT2D eigenvalue weighted by Crippen LogP contribution is -2.13. The van der Waals surface area contributed by atoms with Gasteiger partial charge in [0, 0.05) is 37.1 Å². The van der Waals surface area contributed by atoms with Crippen LogP contribution in [0.25, 0.3) is 0 Å². The third kappa shape index (κ3) is 4.47. The molecule has 1 aromatic heterocycles. The monoisotopic (exact) mass is 358 g/mol. The summed E-state index contributed by atoms with van der Waals surface area (Å²) < 4.78 is 1.67. The lowest BCUT2D eigenvalue weighted by molar-refractivity contribution is -0.116. The Morgan fingerprint density at radius 2 is 1.81 bits per heavy atom. The summed E-state index contributed by atoms with van der Waals surface area (Å²) >= 11 is 0. The Bertz CT molecular complexity index is 996. The van der Waals surface area contributed by atoms with Gasteiger partial charge in [-0.05, 0) is 48.4 Å². The molecule has 1 heterocycles. The fraction of sp³-hybridized carbons (Fsp3) is 0.143. The second-order valence-electron chi connectivity index (χ2n) is 6.13. The summed E-state index contributed by atoms with van der Waals surface area (Å²) in [7, 11) is 1.77. The number of rotatable bonds is 6. The van der Waals surface area contributed by atoms with Crippen LogP contribution in [0.1, 0.15) is 33.7 Å². The number of imidazole rings is 1. The molecule has 0 spiro atoms. The van der Waals surface area contributed by atoms with E-state index in [2.05, 4.69) is 16.4 Å². The van der Waals surface area contributed by atoms with E-state index in [4.69, 9.17) is 5.26 Å². The molecule has 27 heavy (non-hydrogen) atoms. The van der Waals surface area contributed by atoms with E-state index in [0.29, 0.717) is 35.5 Å². The van der Waals surface area contributed by atoms with Gasteiger partial charge in [-0.15, -0.1) is 0 Å².